The lowest BCUT2D eigenvalue weighted by Gasteiger charge is -2.48. The molecule has 3 saturated carbocycles. The van der Waals surface area contributed by atoms with Gasteiger partial charge < -0.3 is 36.7 Å². The molecule has 10 unspecified atom stereocenters. The Labute approximate surface area is 413 Å². The summed E-state index contributed by atoms with van der Waals surface area (Å²) in [7, 11) is 1.70. The molecule has 3 aromatic heterocycles. The highest BCUT2D eigenvalue weighted by molar-refractivity contribution is 7.23. The van der Waals surface area contributed by atoms with Crippen molar-refractivity contribution in [1.29, 1.82) is 0 Å². The predicted octanol–water partition coefficient (Wildman–Crippen LogP) is 9.13. The number of nitrogens with two attached hydrogens (primary N) is 1. The van der Waals surface area contributed by atoms with E-state index in [0.717, 1.165) is 98.9 Å². The van der Waals surface area contributed by atoms with E-state index >= 15 is 4.79 Å². The molecule has 0 radical (unpaired) electrons. The van der Waals surface area contributed by atoms with Gasteiger partial charge in [0.05, 0.1) is 39.0 Å². The number of ketones is 1. The number of nitrogens with one attached hydrogen (secondary N) is 3. The van der Waals surface area contributed by atoms with Crippen LogP contribution in [0.2, 0.25) is 0 Å². The van der Waals surface area contributed by atoms with Crippen LogP contribution in [0.1, 0.15) is 119 Å². The number of imidazole rings is 1. The van der Waals surface area contributed by atoms with E-state index in [2.05, 4.69) is 85.7 Å². The van der Waals surface area contributed by atoms with E-state index in [4.69, 9.17) is 5.73 Å². The van der Waals surface area contributed by atoms with Crippen LogP contribution in [0.25, 0.3) is 15.8 Å². The summed E-state index contributed by atoms with van der Waals surface area (Å²) >= 11 is 3.26. The number of carbonyl (C=O) groups is 1. The molecule has 8 N–H and O–H groups in total. The first-order valence-corrected chi connectivity index (χ1v) is 26.4. The van der Waals surface area contributed by atoms with Crippen LogP contribution in [0.3, 0.4) is 0 Å². The number of fused-ring (bicyclic) bond motifs is 8. The van der Waals surface area contributed by atoms with Gasteiger partial charge in [0.15, 0.2) is 11.7 Å². The second-order valence-corrected chi connectivity index (χ2v) is 23.4. The molecule has 3 fully saturated rings. The quantitative estimate of drug-likeness (QED) is 0.0367. The highest BCUT2D eigenvalue weighted by atomic mass is 32.1. The number of aromatic nitrogens is 2. The van der Waals surface area contributed by atoms with Gasteiger partial charge in [-0.15, -0.1) is 28.6 Å². The molecular formula is C57H62N6O4S2. The number of anilines is 1. The first-order valence-electron chi connectivity index (χ1n) is 24.8. The highest BCUT2D eigenvalue weighted by Gasteiger charge is 2.64. The number of carbonyl (C=O) groups excluding carboxylic acids is 1. The maximum atomic E-state index is 15.6. The molecule has 9 bridgehead atoms. The zero-order valence-electron chi connectivity index (χ0n) is 39.7. The van der Waals surface area contributed by atoms with E-state index < -0.39 is 11.6 Å². The molecule has 10 atom stereocenters. The highest BCUT2D eigenvalue weighted by Crippen LogP contribution is 2.70. The molecule has 4 aliphatic carbocycles. The lowest BCUT2D eigenvalue weighted by molar-refractivity contribution is 0.0229. The molecule has 6 aliphatic rings. The monoisotopic (exact) mass is 958 g/mol. The lowest BCUT2D eigenvalue weighted by atomic mass is 9.57. The molecule has 356 valence electrons. The number of aliphatic hydroxyl groups is 2. The van der Waals surface area contributed by atoms with Gasteiger partial charge in [0, 0.05) is 71.6 Å². The number of nitrogens with zero attached hydrogens (tertiary/aromatic N) is 2. The lowest BCUT2D eigenvalue weighted by Crippen LogP contribution is -2.50. The van der Waals surface area contributed by atoms with Crippen molar-refractivity contribution in [3.63, 3.8) is 0 Å². The van der Waals surface area contributed by atoms with Crippen molar-refractivity contribution in [2.75, 3.05) is 19.0 Å². The molecule has 11 rings (SSSR count). The predicted molar refractivity (Wildman–Crippen MR) is 276 cm³/mol. The number of phenolic OH excluding ortho intramolecular Hbond substituents is 1. The number of rotatable bonds is 7. The molecule has 69 heavy (non-hydrogen) atoms. The van der Waals surface area contributed by atoms with Crippen molar-refractivity contribution in [2.45, 2.75) is 109 Å². The largest absolute Gasteiger partial charge is 0.507 e. The number of guanidine groups is 1. The third-order valence-corrected chi connectivity index (χ3v) is 19.7. The summed E-state index contributed by atoms with van der Waals surface area (Å²) in [5.74, 6) is 14.7. The first kappa shape index (κ1) is 45.8. The summed E-state index contributed by atoms with van der Waals surface area (Å²) in [5.41, 5.74) is 12.3. The minimum Gasteiger partial charge on any atom is -0.507 e. The molecule has 0 saturated heterocycles. The van der Waals surface area contributed by atoms with Gasteiger partial charge in [-0.05, 0) is 153 Å². The number of aliphatic imine (C=N–C) groups is 1. The van der Waals surface area contributed by atoms with Gasteiger partial charge in [-0.25, -0.2) is 4.98 Å². The standard InChI is InChI=1S/C57H62N6O4S2/c1-4-7-40-13-17-48(68-40)49-18-19-50(69-49)53(66)44-16-12-36-27-56(44)28-45(57(31-56)21-6-10-38(57)30-64)34-11-14-41-37(23-46(36)62-54(58)59-3)24-47(65)42-15-20-51(63-52(41)42)55(2,67)26-35-9-5-8-33(22-34)43(35)25-39-29-60-32-61-39/h5,8-9,13,15,17-20,24,29,32,34,36,38,44-46,51,63-65,67H,6,10,12,16,21-23,25-28,30-31H2,1-3H3,(H,60,61)(H3,58,59,62). The summed E-state index contributed by atoms with van der Waals surface area (Å²) in [4.78, 5) is 31.8. The minimum atomic E-state index is -1.23. The Morgan fingerprint density at radius 1 is 1.07 bits per heavy atom. The summed E-state index contributed by atoms with van der Waals surface area (Å²) in [6.45, 7) is 3.85. The number of hydrogen-bond acceptors (Lipinski definition) is 9. The SMILES string of the molecule is CC#Cc1ccc(-c2ccc(C(=O)C3CCC4CC35CC(C3C#Cc6c(cc(O)c7c6NC(C=C7)C(C)(O)Cc6cccc(c6Cc6cnc[nH]6)C3)CC4NC(N)=NC)C3(CCCC3CO)C5)s2)s1. The Morgan fingerprint density at radius 2 is 1.91 bits per heavy atom. The fraction of sp³-hybridized carbons (Fsp3) is 0.456. The fourth-order valence-corrected chi connectivity index (χ4v) is 16.3. The smallest absolute Gasteiger partial charge is 0.188 e. The van der Waals surface area contributed by atoms with E-state index in [1.165, 1.54) is 11.1 Å². The Morgan fingerprint density at radius 3 is 2.72 bits per heavy atom. The van der Waals surface area contributed by atoms with E-state index in [9.17, 15) is 15.3 Å². The number of thiophene rings is 2. The van der Waals surface area contributed by atoms with Gasteiger partial charge in [-0.2, -0.15) is 0 Å². The molecule has 2 spiro atoms. The van der Waals surface area contributed by atoms with Gasteiger partial charge >= 0.3 is 0 Å². The molecule has 12 heteroatoms. The average Bonchev–Trinajstić information content (AvgIpc) is 4.21. The maximum absolute atomic E-state index is 15.6. The number of H-pyrrole nitrogens is 1. The summed E-state index contributed by atoms with van der Waals surface area (Å²) < 4.78 is 0. The van der Waals surface area contributed by atoms with Crippen molar-refractivity contribution >= 4 is 46.2 Å². The van der Waals surface area contributed by atoms with Crippen LogP contribution in [0.5, 0.6) is 5.75 Å². The van der Waals surface area contributed by atoms with Gasteiger partial charge in [0.25, 0.3) is 0 Å². The number of aliphatic hydroxyl groups excluding tert-OH is 1. The normalized spacial score (nSPS) is 31.0. The molecule has 0 amide bonds. The van der Waals surface area contributed by atoms with Crippen LogP contribution < -0.4 is 16.4 Å². The first-order chi connectivity index (χ1) is 33.4. The third kappa shape index (κ3) is 8.11. The number of aromatic hydroxyl groups is 1. The van der Waals surface area contributed by atoms with Crippen LogP contribution in [-0.4, -0.2) is 68.4 Å². The zero-order chi connectivity index (χ0) is 47.7. The van der Waals surface area contributed by atoms with Crippen molar-refractivity contribution < 1.29 is 20.1 Å². The number of phenols is 1. The Hall–Kier alpha value is -5.63. The van der Waals surface area contributed by atoms with Gasteiger partial charge in [-0.1, -0.05) is 54.5 Å². The number of Topliss-reactive ketones (excluding diaryl/α,β-unsaturated/α-hetero) is 1. The van der Waals surface area contributed by atoms with Gasteiger partial charge in [-0.3, -0.25) is 9.79 Å². The maximum Gasteiger partial charge on any atom is 0.188 e. The molecule has 5 aromatic rings. The Kier molecular flexibility index (Phi) is 11.9. The Bertz CT molecular complexity index is 3000. The molecular weight excluding hydrogens is 897 g/mol. The molecule has 2 aromatic carbocycles. The van der Waals surface area contributed by atoms with Crippen LogP contribution in [0, 0.1) is 64.1 Å². The zero-order valence-corrected chi connectivity index (χ0v) is 41.3. The van der Waals surface area contributed by atoms with Crippen molar-refractivity contribution in [3.8, 4) is 39.2 Å². The molecule has 2 aliphatic heterocycles. The van der Waals surface area contributed by atoms with Crippen LogP contribution in [0.4, 0.5) is 5.69 Å². The van der Waals surface area contributed by atoms with Gasteiger partial charge in [0.1, 0.15) is 5.75 Å². The van der Waals surface area contributed by atoms with Crippen molar-refractivity contribution in [3.05, 3.63) is 116 Å². The van der Waals surface area contributed by atoms with Crippen LogP contribution >= 0.6 is 22.7 Å². The Balaban J connectivity index is 1.12. The second-order valence-electron chi connectivity index (χ2n) is 21.2. The number of hydrogen-bond donors (Lipinski definition) is 7. The second kappa shape index (κ2) is 18.0. The topological polar surface area (TPSA) is 169 Å². The fourth-order valence-electron chi connectivity index (χ4n) is 14.2. The van der Waals surface area contributed by atoms with Crippen molar-refractivity contribution in [2.24, 2.45) is 51.1 Å². The van der Waals surface area contributed by atoms with Crippen LogP contribution in [-0.2, 0) is 25.7 Å². The van der Waals surface area contributed by atoms with E-state index in [1.807, 2.05) is 44.3 Å². The van der Waals surface area contributed by atoms with Crippen LogP contribution in [0.15, 0.2) is 72.1 Å². The number of benzene rings is 2. The van der Waals surface area contributed by atoms with E-state index in [0.29, 0.717) is 37.2 Å². The number of aromatic amines is 1. The van der Waals surface area contributed by atoms with E-state index in [1.54, 1.807) is 36.0 Å². The van der Waals surface area contributed by atoms with E-state index in [-0.39, 0.29) is 64.6 Å². The third-order valence-electron chi connectivity index (χ3n) is 17.4. The van der Waals surface area contributed by atoms with Gasteiger partial charge in [0.2, 0.25) is 0 Å². The molecule has 5 heterocycles. The summed E-state index contributed by atoms with van der Waals surface area (Å²) in [5, 5.41) is 43.4. The average molecular weight is 959 g/mol. The summed E-state index contributed by atoms with van der Waals surface area (Å²) in [6, 6.07) is 16.1. The molecule has 10 nitrogen and oxygen atoms in total. The van der Waals surface area contributed by atoms with Crippen molar-refractivity contribution in [1.82, 2.24) is 15.3 Å². The minimum absolute atomic E-state index is 0.0730. The summed E-state index contributed by atoms with van der Waals surface area (Å²) in [6.07, 6.45) is 16.7.